The van der Waals surface area contributed by atoms with Crippen molar-refractivity contribution in [1.82, 2.24) is 14.8 Å². The first kappa shape index (κ1) is 19.2. The third-order valence-electron chi connectivity index (χ3n) is 5.37. The van der Waals surface area contributed by atoms with Crippen LogP contribution in [-0.2, 0) is 0 Å². The fraction of sp³-hybridized carbons (Fsp3) is 0.304. The van der Waals surface area contributed by atoms with Gasteiger partial charge in [0.15, 0.2) is 5.76 Å². The summed E-state index contributed by atoms with van der Waals surface area (Å²) in [5, 5.41) is 0. The number of carbonyl (C=O) groups is 1. The van der Waals surface area contributed by atoms with Gasteiger partial charge in [-0.1, -0.05) is 19.1 Å². The number of benzene rings is 2. The van der Waals surface area contributed by atoms with Crippen molar-refractivity contribution in [3.05, 3.63) is 60.3 Å². The fourth-order valence-corrected chi connectivity index (χ4v) is 3.58. The van der Waals surface area contributed by atoms with Crippen LogP contribution in [0.2, 0.25) is 0 Å². The highest BCUT2D eigenvalue weighted by Gasteiger charge is 2.24. The molecular formula is C23H25N3O3. The second-order valence-corrected chi connectivity index (χ2v) is 7.03. The van der Waals surface area contributed by atoms with Gasteiger partial charge >= 0.3 is 0 Å². The highest BCUT2D eigenvalue weighted by molar-refractivity contribution is 6.00. The minimum absolute atomic E-state index is 0.0283. The lowest BCUT2D eigenvalue weighted by Gasteiger charge is -2.34. The fourth-order valence-electron chi connectivity index (χ4n) is 3.58. The Balaban J connectivity index is 1.58. The molecule has 150 valence electrons. The molecule has 2 aromatic carbocycles. The number of aromatic nitrogens is 1. The Morgan fingerprint density at radius 1 is 1.07 bits per heavy atom. The number of ether oxygens (including phenoxy) is 1. The van der Waals surface area contributed by atoms with Crippen molar-refractivity contribution in [2.75, 3.05) is 39.8 Å². The lowest BCUT2D eigenvalue weighted by molar-refractivity contribution is 0.0644. The Morgan fingerprint density at radius 3 is 2.48 bits per heavy atom. The second-order valence-electron chi connectivity index (χ2n) is 7.03. The second kappa shape index (κ2) is 8.49. The molecule has 0 spiro atoms. The number of methoxy groups -OCH3 is 1. The molecule has 3 aromatic rings. The van der Waals surface area contributed by atoms with E-state index in [4.69, 9.17) is 9.15 Å². The van der Waals surface area contributed by atoms with E-state index in [2.05, 4.69) is 16.8 Å². The van der Waals surface area contributed by atoms with Crippen LogP contribution >= 0.6 is 0 Å². The van der Waals surface area contributed by atoms with E-state index in [1.54, 1.807) is 13.3 Å². The predicted octanol–water partition coefficient (Wildman–Crippen LogP) is 3.79. The van der Waals surface area contributed by atoms with Crippen LogP contribution in [0.1, 0.15) is 17.3 Å². The van der Waals surface area contributed by atoms with E-state index in [0.29, 0.717) is 17.2 Å². The van der Waals surface area contributed by atoms with Gasteiger partial charge in [0.2, 0.25) is 5.89 Å². The molecule has 6 heteroatoms. The maximum absolute atomic E-state index is 13.2. The number of oxazole rings is 1. The Kier molecular flexibility index (Phi) is 5.62. The van der Waals surface area contributed by atoms with Crippen LogP contribution in [0.4, 0.5) is 0 Å². The molecule has 0 radical (unpaired) electrons. The normalized spacial score (nSPS) is 14.8. The molecular weight excluding hydrogens is 366 g/mol. The lowest BCUT2D eigenvalue weighted by Crippen LogP contribution is -2.48. The van der Waals surface area contributed by atoms with Gasteiger partial charge in [-0.25, -0.2) is 4.98 Å². The molecule has 1 aliphatic heterocycles. The smallest absolute Gasteiger partial charge is 0.254 e. The molecule has 2 heterocycles. The zero-order chi connectivity index (χ0) is 20.2. The molecule has 1 fully saturated rings. The molecule has 0 N–H and O–H groups in total. The monoisotopic (exact) mass is 391 g/mol. The van der Waals surface area contributed by atoms with Crippen molar-refractivity contribution >= 4 is 5.91 Å². The van der Waals surface area contributed by atoms with Crippen LogP contribution in [0, 0.1) is 0 Å². The van der Waals surface area contributed by atoms with Crippen LogP contribution in [-0.4, -0.2) is 60.5 Å². The number of hydrogen-bond donors (Lipinski definition) is 0. The number of carbonyl (C=O) groups excluding carboxylic acids is 1. The van der Waals surface area contributed by atoms with E-state index in [1.807, 2.05) is 53.4 Å². The van der Waals surface area contributed by atoms with Gasteiger partial charge in [0, 0.05) is 37.3 Å². The average molecular weight is 391 g/mol. The van der Waals surface area contributed by atoms with Crippen LogP contribution in [0.5, 0.6) is 5.75 Å². The quantitative estimate of drug-likeness (QED) is 0.662. The van der Waals surface area contributed by atoms with Crippen LogP contribution < -0.4 is 4.74 Å². The molecule has 29 heavy (non-hydrogen) atoms. The van der Waals surface area contributed by atoms with Gasteiger partial charge < -0.3 is 19.0 Å². The summed E-state index contributed by atoms with van der Waals surface area (Å²) in [5.41, 5.74) is 2.25. The lowest BCUT2D eigenvalue weighted by atomic mass is 10.1. The highest BCUT2D eigenvalue weighted by atomic mass is 16.5. The summed E-state index contributed by atoms with van der Waals surface area (Å²) < 4.78 is 11.2. The minimum atomic E-state index is 0.0283. The standard InChI is InChI=1S/C23H25N3O3/c1-3-25-12-14-26(15-13-25)23(27)20-7-5-4-6-19(20)22-24-16-21(29-22)17-8-10-18(28-2)11-9-17/h4-11,16H,3,12-15H2,1-2H3. The van der Waals surface area contributed by atoms with Crippen LogP contribution in [0.3, 0.4) is 0 Å². The zero-order valence-corrected chi connectivity index (χ0v) is 16.8. The van der Waals surface area contributed by atoms with Crippen molar-refractivity contribution in [3.8, 4) is 28.5 Å². The van der Waals surface area contributed by atoms with E-state index >= 15 is 0 Å². The maximum Gasteiger partial charge on any atom is 0.254 e. The molecule has 0 bridgehead atoms. The van der Waals surface area contributed by atoms with Crippen molar-refractivity contribution in [3.63, 3.8) is 0 Å². The summed E-state index contributed by atoms with van der Waals surface area (Å²) in [5.74, 6) is 1.92. The molecule has 0 atom stereocenters. The molecule has 4 rings (SSSR count). The van der Waals surface area contributed by atoms with Crippen LogP contribution in [0.15, 0.2) is 59.1 Å². The number of piperazine rings is 1. The highest BCUT2D eigenvalue weighted by Crippen LogP contribution is 2.29. The SMILES string of the molecule is CCN1CCN(C(=O)c2ccccc2-c2ncc(-c3ccc(OC)cc3)o2)CC1. The van der Waals surface area contributed by atoms with E-state index < -0.39 is 0 Å². The van der Waals surface area contributed by atoms with Crippen molar-refractivity contribution in [2.45, 2.75) is 6.92 Å². The summed E-state index contributed by atoms with van der Waals surface area (Å²) >= 11 is 0. The predicted molar refractivity (Wildman–Crippen MR) is 112 cm³/mol. The summed E-state index contributed by atoms with van der Waals surface area (Å²) in [4.78, 5) is 21.9. The molecule has 1 amide bonds. The molecule has 1 saturated heterocycles. The van der Waals surface area contributed by atoms with Gasteiger partial charge in [0.25, 0.3) is 5.91 Å². The first-order valence-corrected chi connectivity index (χ1v) is 9.91. The van der Waals surface area contributed by atoms with E-state index in [-0.39, 0.29) is 5.91 Å². The third kappa shape index (κ3) is 4.03. The Labute approximate surface area is 170 Å². The van der Waals surface area contributed by atoms with Gasteiger partial charge in [0.05, 0.1) is 18.9 Å². The van der Waals surface area contributed by atoms with Crippen molar-refractivity contribution < 1.29 is 13.9 Å². The van der Waals surface area contributed by atoms with Gasteiger partial charge in [-0.3, -0.25) is 4.79 Å². The third-order valence-corrected chi connectivity index (χ3v) is 5.37. The topological polar surface area (TPSA) is 58.8 Å². The number of nitrogens with zero attached hydrogens (tertiary/aromatic N) is 3. The van der Waals surface area contributed by atoms with Gasteiger partial charge in [-0.15, -0.1) is 0 Å². The Morgan fingerprint density at radius 2 is 1.79 bits per heavy atom. The number of amides is 1. The van der Waals surface area contributed by atoms with Crippen molar-refractivity contribution in [2.24, 2.45) is 0 Å². The average Bonchev–Trinajstić information content (AvgIpc) is 3.29. The van der Waals surface area contributed by atoms with Gasteiger partial charge in [0.1, 0.15) is 5.75 Å². The molecule has 0 unspecified atom stereocenters. The van der Waals surface area contributed by atoms with E-state index in [1.165, 1.54) is 0 Å². The summed E-state index contributed by atoms with van der Waals surface area (Å²) in [6.45, 7) is 6.46. The maximum atomic E-state index is 13.2. The Bertz CT molecular complexity index is 973. The Hall–Kier alpha value is -3.12. The van der Waals surface area contributed by atoms with Crippen molar-refractivity contribution in [1.29, 1.82) is 0 Å². The molecule has 0 aliphatic carbocycles. The molecule has 1 aromatic heterocycles. The summed E-state index contributed by atoms with van der Waals surface area (Å²) in [7, 11) is 1.64. The first-order valence-electron chi connectivity index (χ1n) is 9.91. The molecule has 0 saturated carbocycles. The first-order chi connectivity index (χ1) is 14.2. The molecule has 6 nitrogen and oxygen atoms in total. The molecule has 1 aliphatic rings. The number of hydrogen-bond acceptors (Lipinski definition) is 5. The largest absolute Gasteiger partial charge is 0.497 e. The van der Waals surface area contributed by atoms with Crippen LogP contribution in [0.25, 0.3) is 22.8 Å². The number of likely N-dealkylation sites (N-methyl/N-ethyl adjacent to an activating group) is 1. The minimum Gasteiger partial charge on any atom is -0.497 e. The summed E-state index contributed by atoms with van der Waals surface area (Å²) in [6, 6.07) is 15.1. The van der Waals surface area contributed by atoms with E-state index in [0.717, 1.165) is 49.6 Å². The van der Waals surface area contributed by atoms with Gasteiger partial charge in [-0.05, 0) is 42.9 Å². The van der Waals surface area contributed by atoms with Gasteiger partial charge in [-0.2, -0.15) is 0 Å². The zero-order valence-electron chi connectivity index (χ0n) is 16.8. The summed E-state index contributed by atoms with van der Waals surface area (Å²) in [6.07, 6.45) is 1.69. The number of rotatable bonds is 5. The van der Waals surface area contributed by atoms with E-state index in [9.17, 15) is 4.79 Å².